The smallest absolute Gasteiger partial charge is 0.391 e. The van der Waals surface area contributed by atoms with Crippen LogP contribution in [0.3, 0.4) is 0 Å². The van der Waals surface area contributed by atoms with Crippen LogP contribution in [-0.2, 0) is 6.18 Å². The Morgan fingerprint density at radius 2 is 1.73 bits per heavy atom. The summed E-state index contributed by atoms with van der Waals surface area (Å²) in [5.41, 5.74) is 0.0225. The van der Waals surface area contributed by atoms with Crippen LogP contribution in [0, 0.1) is 0 Å². The van der Waals surface area contributed by atoms with Gasteiger partial charge >= 0.3 is 6.18 Å². The second-order valence-electron chi connectivity index (χ2n) is 5.23. The minimum absolute atomic E-state index is 0.236. The third-order valence-corrected chi connectivity index (χ3v) is 3.71. The number of anilines is 1. The molecule has 1 aromatic carbocycles. The van der Waals surface area contributed by atoms with E-state index >= 15 is 0 Å². The fraction of sp³-hybridized carbons (Fsp3) is 0.333. The largest absolute Gasteiger partial charge is 0.416 e. The molecule has 0 spiro atoms. The number of hydrogen-bond donors (Lipinski definition) is 1. The number of halogens is 3. The summed E-state index contributed by atoms with van der Waals surface area (Å²) in [7, 11) is 0. The second kappa shape index (κ2) is 5.57. The second-order valence-corrected chi connectivity index (χ2v) is 5.23. The maximum Gasteiger partial charge on any atom is 0.416 e. The molecule has 1 aliphatic heterocycles. The first-order chi connectivity index (χ1) is 10.4. The SMILES string of the molecule is OC1CC(c2ccc(C(F)(F)F)cc2)N(c2ncccn2)C1. The summed E-state index contributed by atoms with van der Waals surface area (Å²) in [6, 6.07) is 6.46. The molecule has 0 saturated carbocycles. The minimum atomic E-state index is -4.35. The van der Waals surface area contributed by atoms with E-state index in [9.17, 15) is 18.3 Å². The summed E-state index contributed by atoms with van der Waals surface area (Å²) in [5.74, 6) is 0.462. The Hall–Kier alpha value is -2.15. The number of aromatic nitrogens is 2. The van der Waals surface area contributed by atoms with E-state index in [2.05, 4.69) is 9.97 Å². The van der Waals surface area contributed by atoms with Crippen LogP contribution < -0.4 is 4.90 Å². The summed E-state index contributed by atoms with van der Waals surface area (Å²) < 4.78 is 37.9. The van der Waals surface area contributed by atoms with Crippen LogP contribution in [0.5, 0.6) is 0 Å². The minimum Gasteiger partial charge on any atom is -0.391 e. The van der Waals surface area contributed by atoms with Crippen molar-refractivity contribution in [2.75, 3.05) is 11.4 Å². The molecular weight excluding hydrogens is 295 g/mol. The van der Waals surface area contributed by atoms with Gasteiger partial charge in [0.15, 0.2) is 0 Å². The topological polar surface area (TPSA) is 49.2 Å². The highest BCUT2D eigenvalue weighted by Crippen LogP contribution is 2.36. The van der Waals surface area contributed by atoms with Gasteiger partial charge in [-0.3, -0.25) is 0 Å². The number of β-amino-alcohol motifs (C(OH)–C–C–N with tert-alkyl or cyclic N) is 1. The van der Waals surface area contributed by atoms with Gasteiger partial charge in [0.05, 0.1) is 17.7 Å². The molecular formula is C15H14F3N3O. The van der Waals surface area contributed by atoms with Gasteiger partial charge in [0, 0.05) is 18.9 Å². The highest BCUT2D eigenvalue weighted by molar-refractivity contribution is 5.39. The van der Waals surface area contributed by atoms with E-state index in [1.807, 2.05) is 4.90 Å². The van der Waals surface area contributed by atoms with E-state index < -0.39 is 17.8 Å². The van der Waals surface area contributed by atoms with Crippen molar-refractivity contribution >= 4 is 5.95 Å². The number of hydrogen-bond acceptors (Lipinski definition) is 4. The Balaban J connectivity index is 1.89. The van der Waals surface area contributed by atoms with Gasteiger partial charge in [-0.1, -0.05) is 12.1 Å². The number of benzene rings is 1. The zero-order valence-corrected chi connectivity index (χ0v) is 11.5. The fourth-order valence-electron chi connectivity index (χ4n) is 2.68. The first-order valence-electron chi connectivity index (χ1n) is 6.84. The van der Waals surface area contributed by atoms with Crippen LogP contribution in [0.25, 0.3) is 0 Å². The van der Waals surface area contributed by atoms with Crippen LogP contribution in [0.2, 0.25) is 0 Å². The molecule has 1 aromatic heterocycles. The summed E-state index contributed by atoms with van der Waals surface area (Å²) in [4.78, 5) is 10.1. The monoisotopic (exact) mass is 309 g/mol. The van der Waals surface area contributed by atoms with Crippen LogP contribution in [0.15, 0.2) is 42.7 Å². The van der Waals surface area contributed by atoms with Crippen molar-refractivity contribution in [1.29, 1.82) is 0 Å². The van der Waals surface area contributed by atoms with E-state index in [0.29, 0.717) is 24.5 Å². The molecule has 4 nitrogen and oxygen atoms in total. The molecule has 22 heavy (non-hydrogen) atoms. The van der Waals surface area contributed by atoms with Crippen molar-refractivity contribution in [2.45, 2.75) is 24.7 Å². The lowest BCUT2D eigenvalue weighted by atomic mass is 10.0. The lowest BCUT2D eigenvalue weighted by Gasteiger charge is -2.24. The zero-order valence-electron chi connectivity index (χ0n) is 11.5. The third-order valence-electron chi connectivity index (χ3n) is 3.71. The number of nitrogens with zero attached hydrogens (tertiary/aromatic N) is 3. The Labute approximate surface area is 125 Å². The summed E-state index contributed by atoms with van der Waals surface area (Å²) in [6.45, 7) is 0.357. The van der Waals surface area contributed by atoms with Crippen LogP contribution in [-0.4, -0.2) is 27.7 Å². The average molecular weight is 309 g/mol. The molecule has 1 N–H and O–H groups in total. The predicted molar refractivity (Wildman–Crippen MR) is 74.2 cm³/mol. The van der Waals surface area contributed by atoms with Gasteiger partial charge in [-0.25, -0.2) is 9.97 Å². The van der Waals surface area contributed by atoms with Crippen LogP contribution in [0.4, 0.5) is 19.1 Å². The maximum absolute atomic E-state index is 12.6. The van der Waals surface area contributed by atoms with Gasteiger partial charge in [0.25, 0.3) is 0 Å². The molecule has 1 fully saturated rings. The lowest BCUT2D eigenvalue weighted by Crippen LogP contribution is -2.26. The predicted octanol–water partition coefficient (Wildman–Crippen LogP) is 2.81. The molecule has 1 saturated heterocycles. The van der Waals surface area contributed by atoms with Crippen molar-refractivity contribution in [1.82, 2.24) is 9.97 Å². The maximum atomic E-state index is 12.6. The van der Waals surface area contributed by atoms with E-state index in [4.69, 9.17) is 0 Å². The molecule has 3 rings (SSSR count). The van der Waals surface area contributed by atoms with E-state index in [1.54, 1.807) is 18.5 Å². The third kappa shape index (κ3) is 2.89. The van der Waals surface area contributed by atoms with E-state index in [1.165, 1.54) is 12.1 Å². The molecule has 0 amide bonds. The van der Waals surface area contributed by atoms with Crippen molar-refractivity contribution < 1.29 is 18.3 Å². The fourth-order valence-corrected chi connectivity index (χ4v) is 2.68. The molecule has 0 bridgehead atoms. The molecule has 1 aliphatic rings. The standard InChI is InChI=1S/C15H14F3N3O/c16-15(17,18)11-4-2-10(3-5-11)13-8-12(22)9-21(13)14-19-6-1-7-20-14/h1-7,12-13,22H,8-9H2. The molecule has 0 aliphatic carbocycles. The quantitative estimate of drug-likeness (QED) is 0.927. The van der Waals surface area contributed by atoms with E-state index in [-0.39, 0.29) is 6.04 Å². The van der Waals surface area contributed by atoms with Gasteiger partial charge in [-0.15, -0.1) is 0 Å². The molecule has 2 unspecified atom stereocenters. The molecule has 2 aromatic rings. The molecule has 2 atom stereocenters. The normalized spacial score (nSPS) is 22.1. The average Bonchev–Trinajstić information content (AvgIpc) is 2.89. The van der Waals surface area contributed by atoms with Crippen molar-refractivity contribution in [3.05, 3.63) is 53.9 Å². The first kappa shape index (κ1) is 14.8. The summed E-state index contributed by atoms with van der Waals surface area (Å²) in [5, 5.41) is 9.90. The molecule has 116 valence electrons. The van der Waals surface area contributed by atoms with Crippen LogP contribution in [0.1, 0.15) is 23.6 Å². The number of rotatable bonds is 2. The Morgan fingerprint density at radius 1 is 1.09 bits per heavy atom. The first-order valence-corrected chi connectivity index (χ1v) is 6.84. The van der Waals surface area contributed by atoms with Gasteiger partial charge in [0.2, 0.25) is 5.95 Å². The van der Waals surface area contributed by atoms with Gasteiger partial charge < -0.3 is 10.0 Å². The summed E-state index contributed by atoms with van der Waals surface area (Å²) in [6.07, 6.45) is -1.29. The Bertz CT molecular complexity index is 631. The van der Waals surface area contributed by atoms with Crippen molar-refractivity contribution in [2.24, 2.45) is 0 Å². The van der Waals surface area contributed by atoms with E-state index in [0.717, 1.165) is 12.1 Å². The van der Waals surface area contributed by atoms with Crippen molar-refractivity contribution in [3.63, 3.8) is 0 Å². The number of aliphatic hydroxyl groups is 1. The Kier molecular flexibility index (Phi) is 3.74. The van der Waals surface area contributed by atoms with Gasteiger partial charge in [0.1, 0.15) is 0 Å². The number of alkyl halides is 3. The summed E-state index contributed by atoms with van der Waals surface area (Å²) >= 11 is 0. The molecule has 7 heteroatoms. The molecule has 2 heterocycles. The van der Waals surface area contributed by atoms with Gasteiger partial charge in [-0.05, 0) is 30.2 Å². The highest BCUT2D eigenvalue weighted by Gasteiger charge is 2.35. The number of aliphatic hydroxyl groups excluding tert-OH is 1. The zero-order chi connectivity index (χ0) is 15.7. The highest BCUT2D eigenvalue weighted by atomic mass is 19.4. The lowest BCUT2D eigenvalue weighted by molar-refractivity contribution is -0.137. The van der Waals surface area contributed by atoms with Gasteiger partial charge in [-0.2, -0.15) is 13.2 Å². The Morgan fingerprint density at radius 3 is 2.32 bits per heavy atom. The van der Waals surface area contributed by atoms with Crippen molar-refractivity contribution in [3.8, 4) is 0 Å². The molecule has 0 radical (unpaired) electrons. The van der Waals surface area contributed by atoms with Crippen LogP contribution >= 0.6 is 0 Å².